The maximum absolute atomic E-state index is 11.5. The van der Waals surface area contributed by atoms with Gasteiger partial charge in [0.25, 0.3) is 10.1 Å². The molecule has 0 atom stereocenters. The smallest absolute Gasteiger partial charge is 0.294 e. The average molecular weight is 615 g/mol. The quantitative estimate of drug-likeness (QED) is 0.0460. The van der Waals surface area contributed by atoms with Gasteiger partial charge in [0.05, 0.1) is 16.9 Å². The number of nitrogens with one attached hydrogen (secondary N) is 3. The summed E-state index contributed by atoms with van der Waals surface area (Å²) in [6.07, 6.45) is 0. The van der Waals surface area contributed by atoms with Gasteiger partial charge in [-0.05, 0) is 82.2 Å². The van der Waals surface area contributed by atoms with Gasteiger partial charge >= 0.3 is 0 Å². The fraction of sp³-hybridized carbons (Fsp3) is 0. The Morgan fingerprint density at radius 2 is 1.12 bits per heavy atom. The van der Waals surface area contributed by atoms with Gasteiger partial charge in [-0.15, -0.1) is 4.33 Å². The third-order valence-corrected chi connectivity index (χ3v) is 7.68. The van der Waals surface area contributed by atoms with E-state index in [2.05, 4.69) is 40.3 Å². The average Bonchev–Trinajstić information content (AvgIpc) is 2.99. The van der Waals surface area contributed by atoms with Crippen LogP contribution in [0, 0.1) is 0 Å². The SMILES string of the molecule is O=S(=O)(O)c1ccc2cc(Nc3nc(Nc4ccccc4)nc(Nc4ccc5cc(SOOO)ccc5c4)n3)ccc2c1. The minimum Gasteiger partial charge on any atom is -0.324 e. The predicted molar refractivity (Wildman–Crippen MR) is 164 cm³/mol. The molecular formula is C29H22N6O6S2. The highest BCUT2D eigenvalue weighted by atomic mass is 32.2. The molecule has 0 saturated carbocycles. The van der Waals surface area contributed by atoms with Crippen molar-refractivity contribution in [2.45, 2.75) is 9.79 Å². The first-order valence-corrected chi connectivity index (χ1v) is 14.8. The van der Waals surface area contributed by atoms with Gasteiger partial charge in [-0.25, -0.2) is 5.26 Å². The van der Waals surface area contributed by atoms with Gasteiger partial charge in [-0.2, -0.15) is 23.4 Å². The lowest BCUT2D eigenvalue weighted by Gasteiger charge is -2.12. The molecule has 0 aliphatic heterocycles. The van der Waals surface area contributed by atoms with Gasteiger partial charge in [0.15, 0.2) is 0 Å². The zero-order valence-corrected chi connectivity index (χ0v) is 23.6. The number of fused-ring (bicyclic) bond motifs is 2. The summed E-state index contributed by atoms with van der Waals surface area (Å²) in [6, 6.07) is 30.5. The minimum absolute atomic E-state index is 0.177. The van der Waals surface area contributed by atoms with E-state index >= 15 is 0 Å². The van der Waals surface area contributed by atoms with Crippen molar-refractivity contribution in [2.24, 2.45) is 0 Å². The van der Waals surface area contributed by atoms with E-state index in [-0.39, 0.29) is 16.8 Å². The Morgan fingerprint density at radius 1 is 0.605 bits per heavy atom. The second-order valence-electron chi connectivity index (χ2n) is 9.20. The molecule has 43 heavy (non-hydrogen) atoms. The zero-order valence-electron chi connectivity index (χ0n) is 22.0. The van der Waals surface area contributed by atoms with Crippen LogP contribution in [0.25, 0.3) is 21.5 Å². The number of hydrogen-bond acceptors (Lipinski definition) is 12. The lowest BCUT2D eigenvalue weighted by atomic mass is 10.1. The molecule has 0 fully saturated rings. The van der Waals surface area contributed by atoms with Crippen LogP contribution in [-0.4, -0.2) is 33.2 Å². The molecule has 12 nitrogen and oxygen atoms in total. The van der Waals surface area contributed by atoms with Crippen molar-refractivity contribution < 1.29 is 27.6 Å². The molecular weight excluding hydrogens is 592 g/mol. The van der Waals surface area contributed by atoms with Crippen LogP contribution in [0.3, 0.4) is 0 Å². The number of rotatable bonds is 10. The lowest BCUT2D eigenvalue weighted by molar-refractivity contribution is -0.432. The van der Waals surface area contributed by atoms with E-state index in [0.29, 0.717) is 17.0 Å². The van der Waals surface area contributed by atoms with Gasteiger partial charge < -0.3 is 16.0 Å². The normalized spacial score (nSPS) is 11.5. The van der Waals surface area contributed by atoms with Crippen molar-refractivity contribution in [2.75, 3.05) is 16.0 Å². The van der Waals surface area contributed by atoms with Crippen molar-refractivity contribution in [3.8, 4) is 0 Å². The molecule has 0 saturated heterocycles. The molecule has 6 aromatic rings. The number of aromatic nitrogens is 3. The maximum atomic E-state index is 11.5. The topological polar surface area (TPSA) is 168 Å². The summed E-state index contributed by atoms with van der Waals surface area (Å²) in [7, 11) is -4.31. The van der Waals surface area contributed by atoms with Crippen LogP contribution in [-0.2, 0) is 19.5 Å². The van der Waals surface area contributed by atoms with Gasteiger partial charge in [0.1, 0.15) is 0 Å². The van der Waals surface area contributed by atoms with Gasteiger partial charge in [-0.3, -0.25) is 4.55 Å². The van der Waals surface area contributed by atoms with Crippen molar-refractivity contribution >= 4 is 78.6 Å². The fourth-order valence-corrected chi connectivity index (χ4v) is 5.25. The standard InChI is InChI=1S/C29H22N6O6S2/c36-40-41-42-25-12-8-18-14-23(10-6-20(18)16-25)31-28-33-27(30-22-4-2-1-3-5-22)34-29(35-28)32-24-11-7-21-17-26(43(37,38)39)13-9-19(21)15-24/h1-17,36H,(H,37,38,39)(H3,30,31,32,33,34,35). The Balaban J connectivity index is 1.30. The van der Waals surface area contributed by atoms with E-state index < -0.39 is 10.1 Å². The Hall–Kier alpha value is -4.83. The van der Waals surface area contributed by atoms with Gasteiger partial charge in [-0.1, -0.05) is 47.5 Å². The second kappa shape index (κ2) is 12.2. The third kappa shape index (κ3) is 6.98. The molecule has 5 N–H and O–H groups in total. The summed E-state index contributed by atoms with van der Waals surface area (Å²) in [4.78, 5) is 14.2. The number of hydrogen-bond donors (Lipinski definition) is 5. The minimum atomic E-state index is -4.31. The van der Waals surface area contributed by atoms with Crippen molar-refractivity contribution in [3.05, 3.63) is 103 Å². The predicted octanol–water partition coefficient (Wildman–Crippen LogP) is 7.08. The second-order valence-corrected chi connectivity index (χ2v) is 11.4. The van der Waals surface area contributed by atoms with Crippen molar-refractivity contribution in [1.29, 1.82) is 0 Å². The van der Waals surface area contributed by atoms with E-state index in [4.69, 9.17) is 5.26 Å². The summed E-state index contributed by atoms with van der Waals surface area (Å²) in [5, 5.41) is 25.0. The highest BCUT2D eigenvalue weighted by molar-refractivity contribution is 7.94. The lowest BCUT2D eigenvalue weighted by Crippen LogP contribution is -2.07. The van der Waals surface area contributed by atoms with Crippen molar-refractivity contribution in [1.82, 2.24) is 15.0 Å². The molecule has 5 aromatic carbocycles. The van der Waals surface area contributed by atoms with E-state index in [1.807, 2.05) is 72.8 Å². The van der Waals surface area contributed by atoms with Crippen LogP contribution in [0.1, 0.15) is 0 Å². The maximum Gasteiger partial charge on any atom is 0.294 e. The zero-order chi connectivity index (χ0) is 29.8. The molecule has 216 valence electrons. The first-order chi connectivity index (χ1) is 20.8. The Labute approximate surface area is 249 Å². The molecule has 0 bridgehead atoms. The molecule has 6 rings (SSSR count). The molecule has 1 aromatic heterocycles. The molecule has 0 aliphatic carbocycles. The third-order valence-electron chi connectivity index (χ3n) is 6.26. The van der Waals surface area contributed by atoms with Crippen molar-refractivity contribution in [3.63, 3.8) is 0 Å². The highest BCUT2D eigenvalue weighted by Crippen LogP contribution is 2.29. The van der Waals surface area contributed by atoms with Crippen LogP contribution >= 0.6 is 12.0 Å². The van der Waals surface area contributed by atoms with E-state index in [1.165, 1.54) is 12.1 Å². The van der Waals surface area contributed by atoms with E-state index in [0.717, 1.165) is 44.5 Å². The molecule has 1 heterocycles. The van der Waals surface area contributed by atoms with E-state index in [1.54, 1.807) is 18.2 Å². The summed E-state index contributed by atoms with van der Waals surface area (Å²) in [5.41, 5.74) is 2.19. The van der Waals surface area contributed by atoms with Crippen LogP contribution in [0.5, 0.6) is 0 Å². The molecule has 0 radical (unpaired) electrons. The molecule has 0 amide bonds. The molecule has 0 unspecified atom stereocenters. The summed E-state index contributed by atoms with van der Waals surface area (Å²) in [5.74, 6) is 0.853. The first-order valence-electron chi connectivity index (χ1n) is 12.6. The van der Waals surface area contributed by atoms with E-state index in [9.17, 15) is 13.0 Å². The Bertz CT molecular complexity index is 2050. The summed E-state index contributed by atoms with van der Waals surface area (Å²) >= 11 is 0.886. The molecule has 14 heteroatoms. The van der Waals surface area contributed by atoms with Crippen LogP contribution in [0.15, 0.2) is 113 Å². The number of nitrogens with zero attached hydrogens (tertiary/aromatic N) is 3. The van der Waals surface area contributed by atoms with Gasteiger partial charge in [0, 0.05) is 22.0 Å². The summed E-state index contributed by atoms with van der Waals surface area (Å²) < 4.78 is 36.9. The number of anilines is 6. The number of benzene rings is 5. The van der Waals surface area contributed by atoms with Crippen LogP contribution < -0.4 is 16.0 Å². The van der Waals surface area contributed by atoms with Crippen LogP contribution in [0.4, 0.5) is 34.9 Å². The molecule has 0 aliphatic rings. The fourth-order valence-electron chi connectivity index (χ4n) is 4.32. The Morgan fingerprint density at radius 3 is 1.70 bits per heavy atom. The molecule has 0 spiro atoms. The first kappa shape index (κ1) is 28.3. The van der Waals surface area contributed by atoms with Crippen LogP contribution in [0.2, 0.25) is 0 Å². The largest absolute Gasteiger partial charge is 0.324 e. The number of para-hydroxylation sites is 1. The van der Waals surface area contributed by atoms with Gasteiger partial charge in [0.2, 0.25) is 17.8 Å². The highest BCUT2D eigenvalue weighted by Gasteiger charge is 2.12. The monoisotopic (exact) mass is 614 g/mol. The summed E-state index contributed by atoms with van der Waals surface area (Å²) in [6.45, 7) is 0. The Kier molecular flexibility index (Phi) is 8.02.